The van der Waals surface area contributed by atoms with Crippen LogP contribution in [0.25, 0.3) is 0 Å². The second-order valence-corrected chi connectivity index (χ2v) is 6.90. The number of nitrogens with zero attached hydrogens (tertiary/aromatic N) is 1. The van der Waals surface area contributed by atoms with Crippen LogP contribution in [0.5, 0.6) is 0 Å². The first-order chi connectivity index (χ1) is 10.3. The van der Waals surface area contributed by atoms with Gasteiger partial charge >= 0.3 is 5.97 Å². The molecular formula is C17H26N2O3. The lowest BCUT2D eigenvalue weighted by atomic mass is 9.81. The van der Waals surface area contributed by atoms with Gasteiger partial charge < -0.3 is 10.4 Å². The monoisotopic (exact) mass is 306 g/mol. The summed E-state index contributed by atoms with van der Waals surface area (Å²) in [7, 11) is 0. The molecule has 22 heavy (non-hydrogen) atoms. The molecule has 2 rings (SSSR count). The highest BCUT2D eigenvalue weighted by molar-refractivity contribution is 6.17. The number of nitrogens with one attached hydrogen (secondary N) is 1. The zero-order chi connectivity index (χ0) is 16.5. The van der Waals surface area contributed by atoms with Crippen molar-refractivity contribution in [3.8, 4) is 0 Å². The van der Waals surface area contributed by atoms with Gasteiger partial charge in [-0.15, -0.1) is 0 Å². The third-order valence-electron chi connectivity index (χ3n) is 5.16. The molecule has 0 aromatic carbocycles. The zero-order valence-corrected chi connectivity index (χ0v) is 13.9. The van der Waals surface area contributed by atoms with E-state index in [1.807, 2.05) is 13.8 Å². The Hall–Kier alpha value is -1.65. The molecule has 1 aliphatic heterocycles. The van der Waals surface area contributed by atoms with Gasteiger partial charge in [-0.05, 0) is 38.5 Å². The summed E-state index contributed by atoms with van der Waals surface area (Å²) in [5.41, 5.74) is 0.219. The molecule has 0 radical (unpaired) electrons. The maximum atomic E-state index is 12.2. The van der Waals surface area contributed by atoms with Crippen molar-refractivity contribution >= 4 is 17.7 Å². The Labute approximate surface area is 131 Å². The van der Waals surface area contributed by atoms with Crippen molar-refractivity contribution in [3.63, 3.8) is 0 Å². The molecule has 0 aromatic heterocycles. The summed E-state index contributed by atoms with van der Waals surface area (Å²) in [6.45, 7) is 7.46. The van der Waals surface area contributed by atoms with Crippen molar-refractivity contribution in [1.29, 1.82) is 0 Å². The molecule has 1 atom stereocenters. The quantitative estimate of drug-likeness (QED) is 0.784. The molecule has 5 nitrogen and oxygen atoms in total. The van der Waals surface area contributed by atoms with Gasteiger partial charge in [0.1, 0.15) is 11.4 Å². The summed E-state index contributed by atoms with van der Waals surface area (Å²) in [6, 6.07) is 0. The van der Waals surface area contributed by atoms with E-state index in [1.54, 1.807) is 13.8 Å². The summed E-state index contributed by atoms with van der Waals surface area (Å²) in [5.74, 6) is -0.480. The Balaban J connectivity index is 2.39. The van der Waals surface area contributed by atoms with E-state index in [0.717, 1.165) is 25.7 Å². The maximum Gasteiger partial charge on any atom is 0.332 e. The number of rotatable bonds is 4. The topological polar surface area (TPSA) is 78.8 Å². The van der Waals surface area contributed by atoms with Gasteiger partial charge in [-0.3, -0.25) is 9.79 Å². The first-order valence-corrected chi connectivity index (χ1v) is 8.13. The van der Waals surface area contributed by atoms with Crippen LogP contribution in [-0.2, 0) is 9.59 Å². The van der Waals surface area contributed by atoms with E-state index in [0.29, 0.717) is 17.0 Å². The van der Waals surface area contributed by atoms with E-state index < -0.39 is 11.5 Å². The molecule has 2 aliphatic rings. The van der Waals surface area contributed by atoms with Gasteiger partial charge in [-0.25, -0.2) is 4.79 Å². The molecular weight excluding hydrogens is 280 g/mol. The van der Waals surface area contributed by atoms with Crippen LogP contribution in [0.4, 0.5) is 0 Å². The molecule has 1 aliphatic carbocycles. The molecule has 1 amide bonds. The van der Waals surface area contributed by atoms with Crippen LogP contribution in [-0.4, -0.2) is 28.4 Å². The van der Waals surface area contributed by atoms with Crippen molar-refractivity contribution in [1.82, 2.24) is 5.32 Å². The second-order valence-electron chi connectivity index (χ2n) is 6.90. The average molecular weight is 306 g/mol. The third-order valence-corrected chi connectivity index (χ3v) is 5.16. The highest BCUT2D eigenvalue weighted by Crippen LogP contribution is 2.33. The number of aliphatic carboxylic acids is 1. The third kappa shape index (κ3) is 2.94. The van der Waals surface area contributed by atoms with E-state index in [2.05, 4.69) is 10.3 Å². The molecule has 1 fully saturated rings. The fourth-order valence-electron chi connectivity index (χ4n) is 3.27. The molecule has 0 aromatic rings. The van der Waals surface area contributed by atoms with E-state index >= 15 is 0 Å². The molecule has 1 saturated carbocycles. The summed E-state index contributed by atoms with van der Waals surface area (Å²) < 4.78 is 0. The van der Waals surface area contributed by atoms with Gasteiger partial charge in [0.25, 0.3) is 5.91 Å². The molecule has 1 heterocycles. The first-order valence-electron chi connectivity index (χ1n) is 8.13. The van der Waals surface area contributed by atoms with Crippen LogP contribution in [0.1, 0.15) is 59.8 Å². The number of carbonyl (C=O) groups is 2. The number of carbonyl (C=O) groups excluding carboxylic acids is 1. The number of amidine groups is 1. The lowest BCUT2D eigenvalue weighted by molar-refractivity contribution is -0.133. The minimum Gasteiger partial charge on any atom is -0.478 e. The second kappa shape index (κ2) is 6.23. The fraction of sp³-hybridized carbons (Fsp3) is 0.706. The summed E-state index contributed by atoms with van der Waals surface area (Å²) >= 11 is 0. The van der Waals surface area contributed by atoms with Crippen molar-refractivity contribution in [3.05, 3.63) is 11.1 Å². The number of carboxylic acids is 1. The summed E-state index contributed by atoms with van der Waals surface area (Å²) in [5, 5.41) is 12.4. The van der Waals surface area contributed by atoms with E-state index in [9.17, 15) is 14.7 Å². The Kier molecular flexibility index (Phi) is 4.73. The van der Waals surface area contributed by atoms with Gasteiger partial charge in [0, 0.05) is 11.1 Å². The molecule has 0 saturated heterocycles. The Morgan fingerprint density at radius 1 is 1.32 bits per heavy atom. The average Bonchev–Trinajstić information content (AvgIpc) is 2.77. The van der Waals surface area contributed by atoms with Crippen LogP contribution in [0.15, 0.2) is 16.1 Å². The standard InChI is InChI=1S/C17H26N2O3/c1-10(2)17(4)16(22)18-14(19-17)11(3)13(15(20)21)12-8-6-5-7-9-12/h10,12H,5-9H2,1-4H3,(H,20,21)(H,18,19,22)/b13-11-. The Morgan fingerprint density at radius 2 is 1.91 bits per heavy atom. The zero-order valence-electron chi connectivity index (χ0n) is 13.9. The van der Waals surface area contributed by atoms with Crippen molar-refractivity contribution < 1.29 is 14.7 Å². The SMILES string of the molecule is C/C(C1=NC(C)(C(C)C)C(=O)N1)=C(/C(=O)O)C1CCCCC1. The normalized spacial score (nSPS) is 27.5. The van der Waals surface area contributed by atoms with Gasteiger partial charge in [-0.1, -0.05) is 33.1 Å². The minimum absolute atomic E-state index is 0.0563. The van der Waals surface area contributed by atoms with Gasteiger partial charge in [0.2, 0.25) is 0 Å². The molecule has 5 heteroatoms. The first kappa shape index (κ1) is 16.7. The fourth-order valence-corrected chi connectivity index (χ4v) is 3.27. The highest BCUT2D eigenvalue weighted by Gasteiger charge is 2.42. The maximum absolute atomic E-state index is 12.2. The van der Waals surface area contributed by atoms with Crippen LogP contribution >= 0.6 is 0 Å². The number of aliphatic imine (C=N–C) groups is 1. The largest absolute Gasteiger partial charge is 0.478 e. The molecule has 1 unspecified atom stereocenters. The van der Waals surface area contributed by atoms with Crippen molar-refractivity contribution in [2.45, 2.75) is 65.3 Å². The molecule has 0 spiro atoms. The van der Waals surface area contributed by atoms with Crippen molar-refractivity contribution in [2.24, 2.45) is 16.8 Å². The molecule has 2 N–H and O–H groups in total. The van der Waals surface area contributed by atoms with Crippen molar-refractivity contribution in [2.75, 3.05) is 0 Å². The van der Waals surface area contributed by atoms with Gasteiger partial charge in [-0.2, -0.15) is 0 Å². The lowest BCUT2D eigenvalue weighted by Crippen LogP contribution is -2.41. The van der Waals surface area contributed by atoms with Crippen LogP contribution in [0.2, 0.25) is 0 Å². The highest BCUT2D eigenvalue weighted by atomic mass is 16.4. The minimum atomic E-state index is -0.889. The molecule has 122 valence electrons. The Bertz CT molecular complexity index is 542. The number of hydrogen-bond acceptors (Lipinski definition) is 3. The van der Waals surface area contributed by atoms with E-state index in [4.69, 9.17) is 0 Å². The van der Waals surface area contributed by atoms with E-state index in [1.165, 1.54) is 6.42 Å². The van der Waals surface area contributed by atoms with Gasteiger partial charge in [0.15, 0.2) is 0 Å². The number of carboxylic acid groups (broad SMARTS) is 1. The van der Waals surface area contributed by atoms with Crippen LogP contribution in [0.3, 0.4) is 0 Å². The van der Waals surface area contributed by atoms with Crippen LogP contribution < -0.4 is 5.32 Å². The number of amides is 1. The lowest BCUT2D eigenvalue weighted by Gasteiger charge is -2.24. The van der Waals surface area contributed by atoms with Gasteiger partial charge in [0.05, 0.1) is 0 Å². The number of hydrogen-bond donors (Lipinski definition) is 2. The predicted molar refractivity (Wildman–Crippen MR) is 85.7 cm³/mol. The van der Waals surface area contributed by atoms with E-state index in [-0.39, 0.29) is 17.7 Å². The van der Waals surface area contributed by atoms with Crippen LogP contribution in [0, 0.1) is 11.8 Å². The smallest absolute Gasteiger partial charge is 0.332 e. The Morgan fingerprint density at radius 3 is 2.36 bits per heavy atom. The molecule has 0 bridgehead atoms. The predicted octanol–water partition coefficient (Wildman–Crippen LogP) is 2.91. The summed E-state index contributed by atoms with van der Waals surface area (Å²) in [6.07, 6.45) is 5.11. The summed E-state index contributed by atoms with van der Waals surface area (Å²) in [4.78, 5) is 28.5.